The Morgan fingerprint density at radius 3 is 2.27 bits per heavy atom. The Labute approximate surface area is 155 Å². The number of benzene rings is 2. The van der Waals surface area contributed by atoms with E-state index in [9.17, 15) is 4.79 Å². The molecule has 0 unspecified atom stereocenters. The van der Waals surface area contributed by atoms with Gasteiger partial charge in [-0.2, -0.15) is 0 Å². The van der Waals surface area contributed by atoms with Gasteiger partial charge in [-0.1, -0.05) is 17.7 Å². The molecule has 138 valence electrons. The molecule has 0 spiro atoms. The molecule has 2 aromatic rings. The lowest BCUT2D eigenvalue weighted by Crippen LogP contribution is -2.49. The first-order valence-corrected chi connectivity index (χ1v) is 8.91. The number of methoxy groups -OCH3 is 2. The van der Waals surface area contributed by atoms with Gasteiger partial charge in [0.1, 0.15) is 11.5 Å². The van der Waals surface area contributed by atoms with Crippen molar-refractivity contribution in [3.8, 4) is 11.5 Å². The minimum absolute atomic E-state index is 0.156. The van der Waals surface area contributed by atoms with Crippen molar-refractivity contribution in [2.24, 2.45) is 0 Å². The zero-order valence-corrected chi connectivity index (χ0v) is 15.7. The van der Waals surface area contributed by atoms with Crippen LogP contribution < -0.4 is 14.4 Å². The summed E-state index contributed by atoms with van der Waals surface area (Å²) in [6, 6.07) is 14.0. The van der Waals surface area contributed by atoms with Crippen molar-refractivity contribution >= 4 is 11.6 Å². The Morgan fingerprint density at radius 2 is 1.65 bits per heavy atom. The molecule has 3 rings (SSSR count). The van der Waals surface area contributed by atoms with Gasteiger partial charge in [-0.15, -0.1) is 0 Å². The van der Waals surface area contributed by atoms with E-state index in [1.807, 2.05) is 42.2 Å². The van der Waals surface area contributed by atoms with E-state index >= 15 is 0 Å². The van der Waals surface area contributed by atoms with E-state index in [0.29, 0.717) is 6.42 Å². The molecule has 0 N–H and O–H groups in total. The van der Waals surface area contributed by atoms with Gasteiger partial charge in [0, 0.05) is 37.4 Å². The lowest BCUT2D eigenvalue weighted by Gasteiger charge is -2.36. The van der Waals surface area contributed by atoms with Gasteiger partial charge < -0.3 is 19.3 Å². The highest BCUT2D eigenvalue weighted by Gasteiger charge is 2.22. The van der Waals surface area contributed by atoms with Gasteiger partial charge in [0.2, 0.25) is 5.91 Å². The minimum atomic E-state index is 0.156. The molecule has 0 atom stereocenters. The number of piperazine rings is 1. The monoisotopic (exact) mass is 354 g/mol. The Morgan fingerprint density at radius 1 is 0.962 bits per heavy atom. The van der Waals surface area contributed by atoms with Crippen LogP contribution in [0.5, 0.6) is 11.5 Å². The quantitative estimate of drug-likeness (QED) is 0.828. The number of anilines is 1. The molecule has 0 saturated carbocycles. The molecule has 0 aliphatic carbocycles. The molecule has 1 aliphatic rings. The molecule has 5 nitrogen and oxygen atoms in total. The van der Waals surface area contributed by atoms with E-state index in [1.54, 1.807) is 14.2 Å². The molecule has 1 heterocycles. The summed E-state index contributed by atoms with van der Waals surface area (Å²) in [7, 11) is 3.31. The fourth-order valence-corrected chi connectivity index (χ4v) is 3.33. The predicted molar refractivity (Wildman–Crippen MR) is 103 cm³/mol. The molecule has 1 saturated heterocycles. The summed E-state index contributed by atoms with van der Waals surface area (Å²) in [6.07, 6.45) is 0.382. The highest BCUT2D eigenvalue weighted by atomic mass is 16.5. The number of aryl methyl sites for hydroxylation is 1. The van der Waals surface area contributed by atoms with Gasteiger partial charge in [-0.25, -0.2) is 0 Å². The van der Waals surface area contributed by atoms with Crippen molar-refractivity contribution in [2.75, 3.05) is 45.3 Å². The molecule has 2 aromatic carbocycles. The van der Waals surface area contributed by atoms with Gasteiger partial charge >= 0.3 is 0 Å². The maximum absolute atomic E-state index is 12.7. The third-order valence-corrected chi connectivity index (χ3v) is 4.85. The average molecular weight is 354 g/mol. The number of nitrogens with zero attached hydrogens (tertiary/aromatic N) is 2. The highest BCUT2D eigenvalue weighted by Crippen LogP contribution is 2.23. The highest BCUT2D eigenvalue weighted by molar-refractivity contribution is 5.80. The summed E-state index contributed by atoms with van der Waals surface area (Å²) in [4.78, 5) is 17.0. The fourth-order valence-electron chi connectivity index (χ4n) is 3.33. The summed E-state index contributed by atoms with van der Waals surface area (Å²) in [5.74, 6) is 1.79. The number of hydrogen-bond donors (Lipinski definition) is 0. The first kappa shape index (κ1) is 18.1. The smallest absolute Gasteiger partial charge is 0.227 e. The topological polar surface area (TPSA) is 42.0 Å². The van der Waals surface area contributed by atoms with Crippen molar-refractivity contribution in [1.29, 1.82) is 0 Å². The van der Waals surface area contributed by atoms with Crippen molar-refractivity contribution < 1.29 is 14.3 Å². The molecule has 1 aliphatic heterocycles. The maximum Gasteiger partial charge on any atom is 0.227 e. The third-order valence-electron chi connectivity index (χ3n) is 4.85. The first-order valence-electron chi connectivity index (χ1n) is 8.91. The minimum Gasteiger partial charge on any atom is -0.497 e. The molecule has 5 heteroatoms. The van der Waals surface area contributed by atoms with Crippen LogP contribution in [0.2, 0.25) is 0 Å². The predicted octanol–water partition coefficient (Wildman–Crippen LogP) is 2.90. The average Bonchev–Trinajstić information content (AvgIpc) is 2.68. The van der Waals surface area contributed by atoms with Crippen molar-refractivity contribution in [3.63, 3.8) is 0 Å². The fraction of sp³-hybridized carbons (Fsp3) is 0.381. The van der Waals surface area contributed by atoms with Crippen LogP contribution in [0.15, 0.2) is 42.5 Å². The number of carbonyl (C=O) groups excluding carboxylic acids is 1. The normalized spacial score (nSPS) is 14.3. The van der Waals surface area contributed by atoms with E-state index < -0.39 is 0 Å². The largest absolute Gasteiger partial charge is 0.497 e. The van der Waals surface area contributed by atoms with Crippen LogP contribution in [0, 0.1) is 6.92 Å². The van der Waals surface area contributed by atoms with Crippen LogP contribution in [-0.4, -0.2) is 51.2 Å². The molecule has 26 heavy (non-hydrogen) atoms. The van der Waals surface area contributed by atoms with Crippen LogP contribution in [-0.2, 0) is 11.2 Å². The van der Waals surface area contributed by atoms with E-state index in [4.69, 9.17) is 9.47 Å². The lowest BCUT2D eigenvalue weighted by atomic mass is 10.1. The number of ether oxygens (including phenoxy) is 2. The van der Waals surface area contributed by atoms with Crippen LogP contribution in [0.25, 0.3) is 0 Å². The SMILES string of the molecule is COc1ccc(N2CCN(C(=O)Cc3cc(C)ccc3OC)CC2)cc1. The molecular formula is C21H26N2O3. The number of amides is 1. The first-order chi connectivity index (χ1) is 12.6. The Bertz CT molecular complexity index is 750. The van der Waals surface area contributed by atoms with Crippen molar-refractivity contribution in [2.45, 2.75) is 13.3 Å². The number of hydrogen-bond acceptors (Lipinski definition) is 4. The Kier molecular flexibility index (Phi) is 5.66. The molecule has 0 radical (unpaired) electrons. The summed E-state index contributed by atoms with van der Waals surface area (Å²) < 4.78 is 10.6. The molecule has 0 aromatic heterocycles. The zero-order valence-electron chi connectivity index (χ0n) is 15.7. The standard InChI is InChI=1S/C21H26N2O3/c1-16-4-9-20(26-3)17(14-16)15-21(24)23-12-10-22(11-13-23)18-5-7-19(25-2)8-6-18/h4-9,14H,10-13,15H2,1-3H3. The molecule has 1 fully saturated rings. The van der Waals surface area contributed by atoms with Gasteiger partial charge in [0.15, 0.2) is 0 Å². The Balaban J connectivity index is 1.59. The van der Waals surface area contributed by atoms with Crippen LogP contribution in [0.1, 0.15) is 11.1 Å². The third kappa shape index (κ3) is 4.10. The summed E-state index contributed by atoms with van der Waals surface area (Å²) in [6.45, 7) is 5.17. The number of carbonyl (C=O) groups is 1. The summed E-state index contributed by atoms with van der Waals surface area (Å²) in [5, 5.41) is 0. The lowest BCUT2D eigenvalue weighted by molar-refractivity contribution is -0.130. The van der Waals surface area contributed by atoms with E-state index in [2.05, 4.69) is 17.0 Å². The second kappa shape index (κ2) is 8.13. The second-order valence-corrected chi connectivity index (χ2v) is 6.56. The zero-order chi connectivity index (χ0) is 18.5. The van der Waals surface area contributed by atoms with Gasteiger partial charge in [-0.05, 0) is 37.3 Å². The summed E-state index contributed by atoms with van der Waals surface area (Å²) in [5.41, 5.74) is 3.26. The van der Waals surface area contributed by atoms with E-state index in [1.165, 1.54) is 5.69 Å². The van der Waals surface area contributed by atoms with Gasteiger partial charge in [-0.3, -0.25) is 4.79 Å². The van der Waals surface area contributed by atoms with Crippen LogP contribution in [0.4, 0.5) is 5.69 Å². The van der Waals surface area contributed by atoms with Crippen molar-refractivity contribution in [3.05, 3.63) is 53.6 Å². The summed E-state index contributed by atoms with van der Waals surface area (Å²) >= 11 is 0. The molecule has 0 bridgehead atoms. The van der Waals surface area contributed by atoms with E-state index in [0.717, 1.165) is 48.8 Å². The van der Waals surface area contributed by atoms with Crippen molar-refractivity contribution in [1.82, 2.24) is 4.90 Å². The van der Waals surface area contributed by atoms with Crippen LogP contribution in [0.3, 0.4) is 0 Å². The van der Waals surface area contributed by atoms with Gasteiger partial charge in [0.25, 0.3) is 0 Å². The maximum atomic E-state index is 12.7. The Hall–Kier alpha value is -2.69. The molecular weight excluding hydrogens is 328 g/mol. The van der Waals surface area contributed by atoms with Gasteiger partial charge in [0.05, 0.1) is 20.6 Å². The van der Waals surface area contributed by atoms with E-state index in [-0.39, 0.29) is 5.91 Å². The second-order valence-electron chi connectivity index (χ2n) is 6.56. The molecule has 1 amide bonds. The van der Waals surface area contributed by atoms with Crippen LogP contribution >= 0.6 is 0 Å². The number of rotatable bonds is 5.